The van der Waals surface area contributed by atoms with Crippen LogP contribution < -0.4 is 0 Å². The van der Waals surface area contributed by atoms with E-state index in [1.54, 1.807) is 18.2 Å². The summed E-state index contributed by atoms with van der Waals surface area (Å²) in [6.45, 7) is 0. The maximum atomic E-state index is 11.6. The minimum Gasteiger partial charge on any atom is -0.469 e. The number of ether oxygens (including phenoxy) is 1. The minimum absolute atomic E-state index is 0.0228. The number of hydrogen-bond donors (Lipinski definition) is 0. The minimum atomic E-state index is -0.134. The van der Waals surface area contributed by atoms with Crippen molar-refractivity contribution < 1.29 is 9.53 Å². The van der Waals surface area contributed by atoms with Crippen molar-refractivity contribution in [2.45, 2.75) is 31.6 Å². The third-order valence-electron chi connectivity index (χ3n) is 4.42. The van der Waals surface area contributed by atoms with Crippen molar-refractivity contribution >= 4 is 28.5 Å². The molecule has 6 heteroatoms. The fraction of sp³-hybridized carbons (Fsp3) is 0.412. The highest BCUT2D eigenvalue weighted by Crippen LogP contribution is 2.36. The smallest absolute Gasteiger partial charge is 0.308 e. The van der Waals surface area contributed by atoms with Crippen LogP contribution in [0.15, 0.2) is 18.2 Å². The summed E-state index contributed by atoms with van der Waals surface area (Å²) in [7, 11) is 1.43. The van der Waals surface area contributed by atoms with E-state index in [1.807, 2.05) is 0 Å². The molecule has 23 heavy (non-hydrogen) atoms. The highest BCUT2D eigenvalue weighted by molar-refractivity contribution is 6.34. The third kappa shape index (κ3) is 3.13. The zero-order chi connectivity index (χ0) is 16.4. The Morgan fingerprint density at radius 1 is 1.30 bits per heavy atom. The quantitative estimate of drug-likeness (QED) is 0.621. The van der Waals surface area contributed by atoms with Gasteiger partial charge >= 0.3 is 5.97 Å². The first kappa shape index (κ1) is 15.7. The summed E-state index contributed by atoms with van der Waals surface area (Å²) >= 11 is 6.28. The van der Waals surface area contributed by atoms with Gasteiger partial charge in [-0.3, -0.25) is 4.79 Å². The monoisotopic (exact) mass is 329 g/mol. The molecule has 1 heterocycles. The summed E-state index contributed by atoms with van der Waals surface area (Å²) in [6.07, 6.45) is 3.25. The van der Waals surface area contributed by atoms with Crippen molar-refractivity contribution in [2.24, 2.45) is 5.92 Å². The second-order valence-corrected chi connectivity index (χ2v) is 6.15. The van der Waals surface area contributed by atoms with Gasteiger partial charge in [0.25, 0.3) is 0 Å². The van der Waals surface area contributed by atoms with E-state index in [0.29, 0.717) is 16.1 Å². The molecule has 0 aliphatic heterocycles. The molecule has 1 fully saturated rings. The van der Waals surface area contributed by atoms with E-state index in [4.69, 9.17) is 21.6 Å². The molecule has 0 bridgehead atoms. The lowest BCUT2D eigenvalue weighted by Gasteiger charge is -2.26. The van der Waals surface area contributed by atoms with Crippen molar-refractivity contribution in [1.82, 2.24) is 9.97 Å². The van der Waals surface area contributed by atoms with E-state index >= 15 is 0 Å². The Balaban J connectivity index is 1.84. The zero-order valence-electron chi connectivity index (χ0n) is 12.8. The number of carbonyl (C=O) groups excluding carboxylic acids is 1. The van der Waals surface area contributed by atoms with Gasteiger partial charge in [0.05, 0.1) is 30.2 Å². The number of hydrogen-bond acceptors (Lipinski definition) is 5. The number of benzene rings is 1. The molecule has 0 unspecified atom stereocenters. The molecule has 118 valence electrons. The molecule has 0 saturated heterocycles. The molecule has 0 atom stereocenters. The van der Waals surface area contributed by atoms with E-state index in [-0.39, 0.29) is 17.8 Å². The van der Waals surface area contributed by atoms with Crippen molar-refractivity contribution in [3.63, 3.8) is 0 Å². The molecule has 1 saturated carbocycles. The van der Waals surface area contributed by atoms with Crippen LogP contribution in [0, 0.1) is 17.2 Å². The van der Waals surface area contributed by atoms with Crippen molar-refractivity contribution in [2.75, 3.05) is 7.11 Å². The van der Waals surface area contributed by atoms with Crippen LogP contribution >= 0.6 is 11.6 Å². The van der Waals surface area contributed by atoms with Gasteiger partial charge < -0.3 is 4.74 Å². The molecule has 2 aromatic rings. The molecule has 3 rings (SSSR count). The first-order chi connectivity index (χ1) is 11.1. The van der Waals surface area contributed by atoms with Crippen LogP contribution in [0.2, 0.25) is 5.15 Å². The zero-order valence-corrected chi connectivity index (χ0v) is 13.5. The van der Waals surface area contributed by atoms with Gasteiger partial charge in [0, 0.05) is 11.3 Å². The maximum absolute atomic E-state index is 11.6. The van der Waals surface area contributed by atoms with E-state index in [0.717, 1.165) is 37.0 Å². The Morgan fingerprint density at radius 3 is 2.70 bits per heavy atom. The standard InChI is InChI=1S/C17H16ClN3O2/c1-23-17(22)12-5-3-11(4-6-12)16-20-14-7-2-10(9-19)8-13(14)15(18)21-16/h2,7-8,11-12H,3-6H2,1H3. The molecule has 0 amide bonds. The Hall–Kier alpha value is -2.19. The largest absolute Gasteiger partial charge is 0.469 e. The van der Waals surface area contributed by atoms with Crippen LogP contribution in [0.5, 0.6) is 0 Å². The SMILES string of the molecule is COC(=O)C1CCC(c2nc(Cl)c3cc(C#N)ccc3n2)CC1. The lowest BCUT2D eigenvalue weighted by atomic mass is 9.81. The summed E-state index contributed by atoms with van der Waals surface area (Å²) in [4.78, 5) is 20.6. The topological polar surface area (TPSA) is 75.9 Å². The average Bonchev–Trinajstić information content (AvgIpc) is 2.60. The number of methoxy groups -OCH3 is 1. The Morgan fingerprint density at radius 2 is 2.04 bits per heavy atom. The molecule has 0 N–H and O–H groups in total. The molecule has 0 radical (unpaired) electrons. The summed E-state index contributed by atoms with van der Waals surface area (Å²) in [5.41, 5.74) is 1.28. The maximum Gasteiger partial charge on any atom is 0.308 e. The first-order valence-corrected chi connectivity index (χ1v) is 7.95. The van der Waals surface area contributed by atoms with Crippen LogP contribution in [-0.2, 0) is 9.53 Å². The van der Waals surface area contributed by atoms with Gasteiger partial charge in [-0.25, -0.2) is 9.97 Å². The number of nitrogens with zero attached hydrogens (tertiary/aromatic N) is 3. The van der Waals surface area contributed by atoms with Crippen molar-refractivity contribution in [3.05, 3.63) is 34.7 Å². The highest BCUT2D eigenvalue weighted by Gasteiger charge is 2.29. The van der Waals surface area contributed by atoms with Crippen LogP contribution in [0.4, 0.5) is 0 Å². The van der Waals surface area contributed by atoms with E-state index in [1.165, 1.54) is 7.11 Å². The number of fused-ring (bicyclic) bond motifs is 1. The number of esters is 1. The van der Waals surface area contributed by atoms with Gasteiger partial charge in [-0.1, -0.05) is 11.6 Å². The van der Waals surface area contributed by atoms with Gasteiger partial charge in [-0.15, -0.1) is 0 Å². The number of nitriles is 1. The van der Waals surface area contributed by atoms with E-state index < -0.39 is 0 Å². The Kier molecular flexibility index (Phi) is 4.44. The fourth-order valence-electron chi connectivity index (χ4n) is 3.11. The van der Waals surface area contributed by atoms with Gasteiger partial charge in [-0.05, 0) is 43.9 Å². The van der Waals surface area contributed by atoms with Gasteiger partial charge in [0.2, 0.25) is 0 Å². The molecule has 1 aromatic carbocycles. The lowest BCUT2D eigenvalue weighted by Crippen LogP contribution is -2.23. The molecule has 1 aliphatic carbocycles. The highest BCUT2D eigenvalue weighted by atomic mass is 35.5. The summed E-state index contributed by atoms with van der Waals surface area (Å²) < 4.78 is 4.81. The van der Waals surface area contributed by atoms with E-state index in [9.17, 15) is 4.79 Å². The molecular weight excluding hydrogens is 314 g/mol. The fourth-order valence-corrected chi connectivity index (χ4v) is 3.35. The normalized spacial score (nSPS) is 20.9. The number of carbonyl (C=O) groups is 1. The average molecular weight is 330 g/mol. The lowest BCUT2D eigenvalue weighted by molar-refractivity contribution is -0.146. The summed E-state index contributed by atoms with van der Waals surface area (Å²) in [5, 5.41) is 10.0. The predicted molar refractivity (Wildman–Crippen MR) is 86.0 cm³/mol. The molecular formula is C17H16ClN3O2. The van der Waals surface area contributed by atoms with Crippen LogP contribution in [-0.4, -0.2) is 23.0 Å². The Bertz CT molecular complexity index is 792. The summed E-state index contributed by atoms with van der Waals surface area (Å²) in [5.74, 6) is 0.763. The van der Waals surface area contributed by atoms with Crippen molar-refractivity contribution in [3.8, 4) is 6.07 Å². The van der Waals surface area contributed by atoms with Gasteiger partial charge in [0.15, 0.2) is 0 Å². The molecule has 0 spiro atoms. The summed E-state index contributed by atoms with van der Waals surface area (Å²) in [6, 6.07) is 7.31. The van der Waals surface area contributed by atoms with Crippen LogP contribution in [0.3, 0.4) is 0 Å². The van der Waals surface area contributed by atoms with Crippen LogP contribution in [0.1, 0.15) is 43.0 Å². The molecule has 1 aromatic heterocycles. The molecule has 1 aliphatic rings. The number of aromatic nitrogens is 2. The number of halogens is 1. The van der Waals surface area contributed by atoms with E-state index in [2.05, 4.69) is 16.0 Å². The predicted octanol–water partition coefficient (Wildman–Crippen LogP) is 3.60. The van der Waals surface area contributed by atoms with Gasteiger partial charge in [-0.2, -0.15) is 5.26 Å². The third-order valence-corrected chi connectivity index (χ3v) is 4.71. The second kappa shape index (κ2) is 6.51. The van der Waals surface area contributed by atoms with Crippen molar-refractivity contribution in [1.29, 1.82) is 5.26 Å². The molecule has 5 nitrogen and oxygen atoms in total. The van der Waals surface area contributed by atoms with Crippen LogP contribution in [0.25, 0.3) is 10.9 Å². The Labute approximate surface area is 139 Å². The van der Waals surface area contributed by atoms with Gasteiger partial charge in [0.1, 0.15) is 11.0 Å². The second-order valence-electron chi connectivity index (χ2n) is 5.79. The first-order valence-electron chi connectivity index (χ1n) is 7.57. The number of rotatable bonds is 2.